The van der Waals surface area contributed by atoms with Crippen LogP contribution in [0.25, 0.3) is 0 Å². The molecule has 0 bridgehead atoms. The van der Waals surface area contributed by atoms with Crippen molar-refractivity contribution in [2.75, 3.05) is 30.7 Å². The molecule has 0 aliphatic carbocycles. The van der Waals surface area contributed by atoms with E-state index in [1.54, 1.807) is 0 Å². The first-order valence-corrected chi connectivity index (χ1v) is 8.02. The molecule has 0 amide bonds. The Morgan fingerprint density at radius 1 is 1.06 bits per heavy atom. The van der Waals surface area contributed by atoms with Gasteiger partial charge >= 0.3 is 0 Å². The van der Waals surface area contributed by atoms with Crippen LogP contribution in [0.2, 0.25) is 0 Å². The fourth-order valence-corrected chi connectivity index (χ4v) is 2.09. The summed E-state index contributed by atoms with van der Waals surface area (Å²) >= 11 is 2.41. The number of rotatable bonds is 10. The predicted octanol–water partition coefficient (Wildman–Crippen LogP) is 3.27. The highest BCUT2D eigenvalue weighted by Crippen LogP contribution is 2.25. The molecule has 1 aromatic rings. The lowest BCUT2D eigenvalue weighted by Crippen LogP contribution is -2.22. The summed E-state index contributed by atoms with van der Waals surface area (Å²) in [5.41, 5.74) is 0. The second-order valence-electron chi connectivity index (χ2n) is 3.87. The van der Waals surface area contributed by atoms with Crippen LogP contribution < -0.4 is 14.8 Å². The van der Waals surface area contributed by atoms with E-state index in [4.69, 9.17) is 9.47 Å². The molecule has 0 saturated heterocycles. The SMILES string of the molecule is CCOc1ccccc1OCCNCCCCI. The minimum Gasteiger partial charge on any atom is -0.490 e. The third-order valence-electron chi connectivity index (χ3n) is 2.42. The van der Waals surface area contributed by atoms with Gasteiger partial charge in [-0.3, -0.25) is 0 Å². The van der Waals surface area contributed by atoms with Crippen molar-refractivity contribution < 1.29 is 9.47 Å². The second kappa shape index (κ2) is 10.4. The molecule has 0 aliphatic rings. The number of para-hydroxylation sites is 2. The van der Waals surface area contributed by atoms with E-state index < -0.39 is 0 Å². The van der Waals surface area contributed by atoms with E-state index in [9.17, 15) is 0 Å². The highest BCUT2D eigenvalue weighted by atomic mass is 127. The zero-order valence-corrected chi connectivity index (χ0v) is 13.1. The third-order valence-corrected chi connectivity index (χ3v) is 3.19. The number of unbranched alkanes of at least 4 members (excludes halogenated alkanes) is 1. The largest absolute Gasteiger partial charge is 0.490 e. The summed E-state index contributed by atoms with van der Waals surface area (Å²) in [5.74, 6) is 1.65. The summed E-state index contributed by atoms with van der Waals surface area (Å²) in [6, 6.07) is 7.81. The van der Waals surface area contributed by atoms with Gasteiger partial charge in [0.2, 0.25) is 0 Å². The van der Waals surface area contributed by atoms with Crippen molar-refractivity contribution in [1.82, 2.24) is 5.32 Å². The van der Waals surface area contributed by atoms with E-state index in [1.165, 1.54) is 17.3 Å². The summed E-state index contributed by atoms with van der Waals surface area (Å²) in [6.45, 7) is 5.26. The van der Waals surface area contributed by atoms with Crippen LogP contribution in [0.5, 0.6) is 11.5 Å². The molecule has 102 valence electrons. The van der Waals surface area contributed by atoms with Gasteiger partial charge in [-0.15, -0.1) is 0 Å². The van der Waals surface area contributed by atoms with E-state index in [0.29, 0.717) is 13.2 Å². The van der Waals surface area contributed by atoms with Crippen molar-refractivity contribution in [3.63, 3.8) is 0 Å². The monoisotopic (exact) mass is 363 g/mol. The van der Waals surface area contributed by atoms with E-state index in [-0.39, 0.29) is 0 Å². The number of halogens is 1. The van der Waals surface area contributed by atoms with Crippen LogP contribution in [0.1, 0.15) is 19.8 Å². The maximum absolute atomic E-state index is 5.71. The van der Waals surface area contributed by atoms with Gasteiger partial charge in [0.15, 0.2) is 11.5 Å². The first-order valence-electron chi connectivity index (χ1n) is 6.49. The van der Waals surface area contributed by atoms with Crippen LogP contribution in [0.3, 0.4) is 0 Å². The molecule has 0 fully saturated rings. The summed E-state index contributed by atoms with van der Waals surface area (Å²) in [6.07, 6.45) is 2.51. The number of alkyl halides is 1. The average molecular weight is 363 g/mol. The smallest absolute Gasteiger partial charge is 0.161 e. The van der Waals surface area contributed by atoms with Gasteiger partial charge in [0.25, 0.3) is 0 Å². The number of hydrogen-bond donors (Lipinski definition) is 1. The fraction of sp³-hybridized carbons (Fsp3) is 0.571. The third kappa shape index (κ3) is 6.44. The molecule has 0 aliphatic heterocycles. The molecular formula is C14H22INO2. The Hall–Kier alpha value is -0.490. The van der Waals surface area contributed by atoms with E-state index in [0.717, 1.165) is 24.6 Å². The molecule has 1 rings (SSSR count). The normalized spacial score (nSPS) is 10.3. The Balaban J connectivity index is 2.18. The van der Waals surface area contributed by atoms with Gasteiger partial charge in [0.05, 0.1) is 6.61 Å². The molecule has 0 spiro atoms. The Kier molecular flexibility index (Phi) is 9.02. The molecule has 18 heavy (non-hydrogen) atoms. The van der Waals surface area contributed by atoms with Crippen LogP contribution in [-0.2, 0) is 0 Å². The van der Waals surface area contributed by atoms with Crippen LogP contribution in [0.4, 0.5) is 0 Å². The van der Waals surface area contributed by atoms with Gasteiger partial charge in [-0.25, -0.2) is 0 Å². The minimum absolute atomic E-state index is 0.662. The molecule has 0 radical (unpaired) electrons. The highest BCUT2D eigenvalue weighted by Gasteiger charge is 2.02. The van der Waals surface area contributed by atoms with Gasteiger partial charge in [-0.1, -0.05) is 34.7 Å². The lowest BCUT2D eigenvalue weighted by molar-refractivity contribution is 0.276. The zero-order chi connectivity index (χ0) is 13.1. The Bertz CT molecular complexity index is 320. The lowest BCUT2D eigenvalue weighted by Gasteiger charge is -2.11. The number of nitrogens with one attached hydrogen (secondary N) is 1. The fourth-order valence-electron chi connectivity index (χ4n) is 1.55. The van der Waals surface area contributed by atoms with Crippen molar-refractivity contribution in [1.29, 1.82) is 0 Å². The molecule has 0 unspecified atom stereocenters. The first-order chi connectivity index (χ1) is 8.88. The molecule has 0 aromatic heterocycles. The quantitative estimate of drug-likeness (QED) is 0.393. The van der Waals surface area contributed by atoms with Crippen LogP contribution in [0.15, 0.2) is 24.3 Å². The van der Waals surface area contributed by atoms with E-state index >= 15 is 0 Å². The minimum atomic E-state index is 0.662. The topological polar surface area (TPSA) is 30.5 Å². The predicted molar refractivity (Wildman–Crippen MR) is 84.1 cm³/mol. The Morgan fingerprint density at radius 2 is 1.78 bits per heavy atom. The van der Waals surface area contributed by atoms with Crippen molar-refractivity contribution in [3.8, 4) is 11.5 Å². The average Bonchev–Trinajstić information content (AvgIpc) is 2.40. The molecule has 0 heterocycles. The van der Waals surface area contributed by atoms with Gasteiger partial charge in [0, 0.05) is 6.54 Å². The molecule has 0 saturated carbocycles. The number of benzene rings is 1. The summed E-state index contributed by atoms with van der Waals surface area (Å²) in [7, 11) is 0. The summed E-state index contributed by atoms with van der Waals surface area (Å²) in [5, 5.41) is 3.37. The molecule has 1 aromatic carbocycles. The second-order valence-corrected chi connectivity index (χ2v) is 4.95. The highest BCUT2D eigenvalue weighted by molar-refractivity contribution is 14.1. The first kappa shape index (κ1) is 15.6. The molecule has 3 nitrogen and oxygen atoms in total. The number of hydrogen-bond acceptors (Lipinski definition) is 3. The van der Waals surface area contributed by atoms with E-state index in [1.807, 2.05) is 31.2 Å². The number of ether oxygens (including phenoxy) is 2. The van der Waals surface area contributed by atoms with Crippen LogP contribution >= 0.6 is 22.6 Å². The van der Waals surface area contributed by atoms with Crippen molar-refractivity contribution in [2.45, 2.75) is 19.8 Å². The molecule has 1 N–H and O–H groups in total. The van der Waals surface area contributed by atoms with Gasteiger partial charge in [-0.05, 0) is 42.9 Å². The van der Waals surface area contributed by atoms with Gasteiger partial charge < -0.3 is 14.8 Å². The molecule has 0 atom stereocenters. The molecular weight excluding hydrogens is 341 g/mol. The van der Waals surface area contributed by atoms with Gasteiger partial charge in [-0.2, -0.15) is 0 Å². The van der Waals surface area contributed by atoms with Crippen molar-refractivity contribution in [2.24, 2.45) is 0 Å². The van der Waals surface area contributed by atoms with E-state index in [2.05, 4.69) is 27.9 Å². The summed E-state index contributed by atoms with van der Waals surface area (Å²) in [4.78, 5) is 0. The maximum atomic E-state index is 5.71. The van der Waals surface area contributed by atoms with Crippen molar-refractivity contribution >= 4 is 22.6 Å². The van der Waals surface area contributed by atoms with Crippen LogP contribution in [0, 0.1) is 0 Å². The van der Waals surface area contributed by atoms with Gasteiger partial charge in [0.1, 0.15) is 6.61 Å². The van der Waals surface area contributed by atoms with Crippen LogP contribution in [-0.4, -0.2) is 30.7 Å². The Morgan fingerprint density at radius 3 is 2.44 bits per heavy atom. The Labute approximate surface area is 123 Å². The summed E-state index contributed by atoms with van der Waals surface area (Å²) < 4.78 is 12.4. The maximum Gasteiger partial charge on any atom is 0.161 e. The zero-order valence-electron chi connectivity index (χ0n) is 11.0. The lowest BCUT2D eigenvalue weighted by atomic mass is 10.3. The van der Waals surface area contributed by atoms with Crippen molar-refractivity contribution in [3.05, 3.63) is 24.3 Å². The standard InChI is InChI=1S/C14H22INO2/c1-2-17-13-7-3-4-8-14(13)18-12-11-16-10-6-5-9-15/h3-4,7-8,16H,2,5-6,9-12H2,1H3. The molecule has 4 heteroatoms.